The maximum Gasteiger partial charge on any atom is 0.359 e. The highest BCUT2D eigenvalue weighted by Crippen LogP contribution is 2.21. The number of carbonyl (C=O) groups is 3. The molecule has 128 valence electrons. The van der Waals surface area contributed by atoms with Crippen LogP contribution >= 0.6 is 0 Å². The lowest BCUT2D eigenvalue weighted by atomic mass is 10.1. The molecule has 0 atom stereocenters. The fourth-order valence-electron chi connectivity index (χ4n) is 2.08. The number of esters is 1. The van der Waals surface area contributed by atoms with Crippen LogP contribution in [-0.4, -0.2) is 40.4 Å². The van der Waals surface area contributed by atoms with Gasteiger partial charge in [-0.1, -0.05) is 12.1 Å². The van der Waals surface area contributed by atoms with Gasteiger partial charge in [0.05, 0.1) is 17.4 Å². The average Bonchev–Trinajstić information content (AvgIpc) is 3.45. The Morgan fingerprint density at radius 1 is 1.16 bits per heavy atom. The molecular weight excluding hydrogens is 324 g/mol. The van der Waals surface area contributed by atoms with Gasteiger partial charge in [0.15, 0.2) is 12.3 Å². The van der Waals surface area contributed by atoms with E-state index in [0.29, 0.717) is 11.3 Å². The molecule has 0 bridgehead atoms. The predicted octanol–water partition coefficient (Wildman–Crippen LogP) is 1.16. The van der Waals surface area contributed by atoms with Crippen LogP contribution in [0.25, 0.3) is 0 Å². The lowest BCUT2D eigenvalue weighted by Gasteiger charge is -2.11. The summed E-state index contributed by atoms with van der Waals surface area (Å²) in [4.78, 5) is 43.5. The van der Waals surface area contributed by atoms with Crippen molar-refractivity contribution in [2.45, 2.75) is 18.9 Å². The molecule has 0 aliphatic heterocycles. The van der Waals surface area contributed by atoms with E-state index in [-0.39, 0.29) is 17.6 Å². The second-order valence-corrected chi connectivity index (χ2v) is 5.51. The zero-order valence-corrected chi connectivity index (χ0v) is 13.3. The number of ether oxygens (including phenoxy) is 1. The van der Waals surface area contributed by atoms with Crippen LogP contribution in [0.4, 0.5) is 5.69 Å². The summed E-state index contributed by atoms with van der Waals surface area (Å²) in [5, 5.41) is 5.44. The zero-order valence-electron chi connectivity index (χ0n) is 13.3. The number of carbonyl (C=O) groups excluding carboxylic acids is 3. The van der Waals surface area contributed by atoms with Gasteiger partial charge in [0, 0.05) is 18.4 Å². The highest BCUT2D eigenvalue weighted by Gasteiger charge is 2.25. The van der Waals surface area contributed by atoms with Crippen molar-refractivity contribution in [2.24, 2.45) is 0 Å². The summed E-state index contributed by atoms with van der Waals surface area (Å²) < 4.78 is 4.88. The number of para-hydroxylation sites is 1. The molecule has 8 nitrogen and oxygen atoms in total. The van der Waals surface area contributed by atoms with E-state index in [1.54, 1.807) is 24.3 Å². The first kappa shape index (κ1) is 16.6. The molecule has 2 amide bonds. The molecule has 1 aliphatic carbocycles. The third-order valence-electron chi connectivity index (χ3n) is 3.47. The number of anilines is 1. The van der Waals surface area contributed by atoms with E-state index < -0.39 is 18.5 Å². The molecule has 2 aromatic rings. The Kier molecular flexibility index (Phi) is 4.98. The van der Waals surface area contributed by atoms with Gasteiger partial charge in [0.25, 0.3) is 11.8 Å². The highest BCUT2D eigenvalue weighted by molar-refractivity contribution is 6.04. The van der Waals surface area contributed by atoms with Crippen molar-refractivity contribution in [3.05, 3.63) is 54.1 Å². The zero-order chi connectivity index (χ0) is 17.6. The number of rotatable bonds is 6. The van der Waals surface area contributed by atoms with E-state index in [4.69, 9.17) is 4.74 Å². The summed E-state index contributed by atoms with van der Waals surface area (Å²) in [5.74, 6) is -1.54. The molecule has 0 unspecified atom stereocenters. The van der Waals surface area contributed by atoms with E-state index in [1.807, 2.05) is 0 Å². The van der Waals surface area contributed by atoms with Gasteiger partial charge >= 0.3 is 5.97 Å². The molecule has 1 aliphatic rings. The van der Waals surface area contributed by atoms with Crippen LogP contribution < -0.4 is 10.6 Å². The van der Waals surface area contributed by atoms with Gasteiger partial charge < -0.3 is 15.4 Å². The Labute approximate surface area is 143 Å². The van der Waals surface area contributed by atoms with Crippen LogP contribution in [0.15, 0.2) is 42.9 Å². The van der Waals surface area contributed by atoms with E-state index >= 15 is 0 Å². The van der Waals surface area contributed by atoms with Crippen molar-refractivity contribution in [3.63, 3.8) is 0 Å². The Morgan fingerprint density at radius 2 is 1.96 bits per heavy atom. The minimum Gasteiger partial charge on any atom is -0.451 e. The lowest BCUT2D eigenvalue weighted by molar-refractivity contribution is -0.119. The van der Waals surface area contributed by atoms with Crippen molar-refractivity contribution in [1.29, 1.82) is 0 Å². The lowest BCUT2D eigenvalue weighted by Crippen LogP contribution is -2.28. The molecule has 1 fully saturated rings. The van der Waals surface area contributed by atoms with Gasteiger partial charge in [-0.25, -0.2) is 9.78 Å². The molecule has 1 aromatic carbocycles. The molecule has 1 saturated carbocycles. The molecule has 0 saturated heterocycles. The fourth-order valence-corrected chi connectivity index (χ4v) is 2.08. The fraction of sp³-hybridized carbons (Fsp3) is 0.235. The number of nitrogens with one attached hydrogen (secondary N) is 2. The summed E-state index contributed by atoms with van der Waals surface area (Å²) in [6.45, 7) is -0.492. The standard InChI is InChI=1S/C17H16N4O4/c22-15(10-25-17(24)14-9-18-7-8-19-14)21-13-4-2-1-3-12(13)16(23)20-11-5-6-11/h1-4,7-9,11H,5-6,10H2,(H,20,23)(H,21,22). The third-order valence-corrected chi connectivity index (χ3v) is 3.47. The first-order chi connectivity index (χ1) is 12.1. The molecule has 25 heavy (non-hydrogen) atoms. The topological polar surface area (TPSA) is 110 Å². The monoisotopic (exact) mass is 340 g/mol. The Morgan fingerprint density at radius 3 is 2.68 bits per heavy atom. The largest absolute Gasteiger partial charge is 0.451 e. The molecule has 8 heteroatoms. The van der Waals surface area contributed by atoms with Crippen molar-refractivity contribution in [2.75, 3.05) is 11.9 Å². The predicted molar refractivity (Wildman–Crippen MR) is 87.9 cm³/mol. The Bertz CT molecular complexity index is 790. The van der Waals surface area contributed by atoms with E-state index in [0.717, 1.165) is 12.8 Å². The molecule has 3 rings (SSSR count). The van der Waals surface area contributed by atoms with Gasteiger partial charge in [0.2, 0.25) is 0 Å². The van der Waals surface area contributed by atoms with Crippen molar-refractivity contribution < 1.29 is 19.1 Å². The van der Waals surface area contributed by atoms with Gasteiger partial charge in [-0.05, 0) is 25.0 Å². The smallest absolute Gasteiger partial charge is 0.359 e. The molecule has 2 N–H and O–H groups in total. The van der Waals surface area contributed by atoms with Crippen LogP contribution in [-0.2, 0) is 9.53 Å². The van der Waals surface area contributed by atoms with Gasteiger partial charge in [-0.15, -0.1) is 0 Å². The Balaban J connectivity index is 1.57. The minimum atomic E-state index is -0.747. The average molecular weight is 340 g/mol. The van der Waals surface area contributed by atoms with Crippen molar-refractivity contribution in [1.82, 2.24) is 15.3 Å². The van der Waals surface area contributed by atoms with Gasteiger partial charge in [0.1, 0.15) is 0 Å². The molecular formula is C17H16N4O4. The van der Waals surface area contributed by atoms with E-state index in [1.165, 1.54) is 18.6 Å². The van der Waals surface area contributed by atoms with E-state index in [2.05, 4.69) is 20.6 Å². The number of hydrogen-bond acceptors (Lipinski definition) is 6. The number of aromatic nitrogens is 2. The van der Waals surface area contributed by atoms with Crippen LogP contribution in [0.1, 0.15) is 33.7 Å². The van der Waals surface area contributed by atoms with Crippen LogP contribution in [0, 0.1) is 0 Å². The number of benzene rings is 1. The number of nitrogens with zero attached hydrogens (tertiary/aromatic N) is 2. The summed E-state index contributed by atoms with van der Waals surface area (Å²) in [6, 6.07) is 6.87. The number of hydrogen-bond donors (Lipinski definition) is 2. The summed E-state index contributed by atoms with van der Waals surface area (Å²) in [7, 11) is 0. The van der Waals surface area contributed by atoms with Gasteiger partial charge in [-0.3, -0.25) is 14.6 Å². The highest BCUT2D eigenvalue weighted by atomic mass is 16.5. The first-order valence-electron chi connectivity index (χ1n) is 7.76. The normalized spacial score (nSPS) is 13.0. The van der Waals surface area contributed by atoms with Crippen LogP contribution in [0.3, 0.4) is 0 Å². The van der Waals surface area contributed by atoms with Crippen LogP contribution in [0.5, 0.6) is 0 Å². The van der Waals surface area contributed by atoms with Crippen molar-refractivity contribution in [3.8, 4) is 0 Å². The molecule has 1 heterocycles. The Hall–Kier alpha value is -3.29. The summed E-state index contributed by atoms with van der Waals surface area (Å²) in [6.07, 6.45) is 5.97. The second-order valence-electron chi connectivity index (χ2n) is 5.51. The summed E-state index contributed by atoms with van der Waals surface area (Å²) >= 11 is 0. The summed E-state index contributed by atoms with van der Waals surface area (Å²) in [5.41, 5.74) is 0.740. The molecule has 1 aromatic heterocycles. The van der Waals surface area contributed by atoms with Crippen LogP contribution in [0.2, 0.25) is 0 Å². The van der Waals surface area contributed by atoms with Crippen molar-refractivity contribution >= 4 is 23.5 Å². The first-order valence-corrected chi connectivity index (χ1v) is 7.76. The van der Waals surface area contributed by atoms with Gasteiger partial charge in [-0.2, -0.15) is 0 Å². The number of amides is 2. The molecule has 0 radical (unpaired) electrons. The SMILES string of the molecule is O=C(COC(=O)c1cnccn1)Nc1ccccc1C(=O)NC1CC1. The third kappa shape index (κ3) is 4.60. The van der Waals surface area contributed by atoms with E-state index in [9.17, 15) is 14.4 Å². The maximum atomic E-state index is 12.2. The quantitative estimate of drug-likeness (QED) is 0.764. The maximum absolute atomic E-state index is 12.2. The molecule has 0 spiro atoms. The second kappa shape index (κ2) is 7.52. The minimum absolute atomic E-state index is 0.0134.